The van der Waals surface area contributed by atoms with Gasteiger partial charge in [0, 0.05) is 18.5 Å². The molecule has 4 atom stereocenters. The van der Waals surface area contributed by atoms with Gasteiger partial charge in [0.15, 0.2) is 5.96 Å². The molecule has 0 radical (unpaired) electrons. The van der Waals surface area contributed by atoms with Crippen molar-refractivity contribution < 1.29 is 52.2 Å². The zero-order valence-corrected chi connectivity index (χ0v) is 31.8. The lowest BCUT2D eigenvalue weighted by molar-refractivity contribution is -0.192. The largest absolute Gasteiger partial charge is 0.490 e. The second kappa shape index (κ2) is 23.8. The number of rotatable bonds is 20. The van der Waals surface area contributed by atoms with Crippen LogP contribution in [0.5, 0.6) is 0 Å². The number of nitrogen functional groups attached to an aromatic ring is 1. The van der Waals surface area contributed by atoms with E-state index < -0.39 is 72.2 Å². The van der Waals surface area contributed by atoms with E-state index in [0.29, 0.717) is 24.0 Å². The highest BCUT2D eigenvalue weighted by atomic mass is 19.4. The van der Waals surface area contributed by atoms with Gasteiger partial charge in [-0.3, -0.25) is 34.8 Å². The second-order valence-electron chi connectivity index (χ2n) is 13.8. The number of nitrogens with one attached hydrogen (secondary N) is 6. The molecular formula is C38H52F3N9O8. The van der Waals surface area contributed by atoms with E-state index >= 15 is 0 Å². The fourth-order valence-electron chi connectivity index (χ4n) is 6.26. The molecule has 14 N–H and O–H groups in total. The molecule has 17 nitrogen and oxygen atoms in total. The van der Waals surface area contributed by atoms with Crippen LogP contribution < -0.4 is 38.5 Å². The number of carboxylic acid groups (broad SMARTS) is 2. The van der Waals surface area contributed by atoms with Crippen molar-refractivity contribution in [2.75, 3.05) is 6.54 Å². The summed E-state index contributed by atoms with van der Waals surface area (Å²) in [5.41, 5.74) is 18.6. The Morgan fingerprint density at radius 2 is 1.29 bits per heavy atom. The van der Waals surface area contributed by atoms with Gasteiger partial charge >= 0.3 is 18.1 Å². The Hall–Kier alpha value is -6.21. The predicted octanol–water partition coefficient (Wildman–Crippen LogP) is 1.97. The molecule has 0 bridgehead atoms. The monoisotopic (exact) mass is 819 g/mol. The van der Waals surface area contributed by atoms with Gasteiger partial charge in [-0.15, -0.1) is 0 Å². The Morgan fingerprint density at radius 1 is 0.759 bits per heavy atom. The van der Waals surface area contributed by atoms with E-state index in [1.165, 1.54) is 0 Å². The van der Waals surface area contributed by atoms with Gasteiger partial charge in [0.25, 0.3) is 0 Å². The molecule has 0 heterocycles. The number of guanidine groups is 1. The number of amidine groups is 1. The van der Waals surface area contributed by atoms with Gasteiger partial charge in [-0.2, -0.15) is 13.2 Å². The lowest BCUT2D eigenvalue weighted by atomic mass is 9.84. The molecule has 0 aliphatic heterocycles. The first-order chi connectivity index (χ1) is 27.3. The van der Waals surface area contributed by atoms with Gasteiger partial charge in [-0.05, 0) is 49.1 Å². The molecule has 1 saturated carbocycles. The van der Waals surface area contributed by atoms with Gasteiger partial charge in [-0.1, -0.05) is 86.7 Å². The molecule has 2 aromatic rings. The van der Waals surface area contributed by atoms with Crippen LogP contribution in [0.3, 0.4) is 0 Å². The minimum Gasteiger partial charge on any atom is -0.481 e. The van der Waals surface area contributed by atoms with Crippen molar-refractivity contribution in [1.29, 1.82) is 10.8 Å². The number of amides is 4. The molecule has 1 aliphatic carbocycles. The first-order valence-electron chi connectivity index (χ1n) is 18.6. The number of hydrogen-bond donors (Lipinski definition) is 11. The summed E-state index contributed by atoms with van der Waals surface area (Å²) in [6.45, 7) is 0.224. The Morgan fingerprint density at radius 3 is 1.79 bits per heavy atom. The number of halogens is 3. The number of aliphatic carboxylic acids is 2. The first kappa shape index (κ1) is 47.9. The van der Waals surface area contributed by atoms with Crippen molar-refractivity contribution in [3.05, 3.63) is 71.3 Å². The third kappa shape index (κ3) is 17.7. The molecule has 1 fully saturated rings. The van der Waals surface area contributed by atoms with Gasteiger partial charge in [0.05, 0.1) is 5.92 Å². The van der Waals surface area contributed by atoms with E-state index in [0.717, 1.165) is 37.7 Å². The smallest absolute Gasteiger partial charge is 0.481 e. The zero-order valence-electron chi connectivity index (χ0n) is 31.8. The van der Waals surface area contributed by atoms with E-state index in [4.69, 9.17) is 37.9 Å². The molecule has 0 spiro atoms. The maximum absolute atomic E-state index is 13.9. The Bertz CT molecular complexity index is 1720. The van der Waals surface area contributed by atoms with Crippen molar-refractivity contribution in [3.8, 4) is 0 Å². The molecule has 0 aromatic heterocycles. The SMILES string of the molecule is N=C(N)NCCCC(NC(=O)C(CCC(=O)O)NC(=O)[C@@H](Cc1ccc(C(=N)N)cc1)c1ccccc1)C(=O)N[C@@H](CC1CCCCC1)C(N)=O.O=C(O)C(F)(F)F. The number of hydrogen-bond acceptors (Lipinski definition) is 8. The van der Waals surface area contributed by atoms with Crippen molar-refractivity contribution in [2.45, 2.75) is 101 Å². The highest BCUT2D eigenvalue weighted by Crippen LogP contribution is 2.27. The average Bonchev–Trinajstić information content (AvgIpc) is 3.16. The number of alkyl halides is 3. The third-order valence-electron chi connectivity index (χ3n) is 9.32. The molecule has 58 heavy (non-hydrogen) atoms. The standard InChI is InChI=1S/C36H51N9O6.C2HF3O2/c37-31(38)25-15-13-23(14-16-25)20-26(24-10-5-2-6-11-24)33(49)43-28(17-18-30(46)47)35(51)44-27(12-7-19-42-36(40)41)34(50)45-29(32(39)48)21-22-8-3-1-4-9-22;3-2(4,5)1(6)7/h2,5-6,10-11,13-16,22,26-29H,1,3-4,7-9,12,17-21H2,(H3,37,38)(H2,39,48)(H,43,49)(H,44,51)(H,45,50)(H,46,47)(H4,40,41,42);(H,6,7)/t26-,27?,28?,29-;/m0./s1. The molecule has 20 heteroatoms. The molecule has 0 saturated heterocycles. The van der Waals surface area contributed by atoms with Crippen LogP contribution in [-0.4, -0.2) is 88.4 Å². The molecule has 318 valence electrons. The number of nitrogens with two attached hydrogens (primary N) is 3. The molecule has 2 aromatic carbocycles. The van der Waals surface area contributed by atoms with Gasteiger partial charge in [0.2, 0.25) is 23.6 Å². The van der Waals surface area contributed by atoms with E-state index in [1.807, 2.05) is 0 Å². The number of carbonyl (C=O) groups is 6. The summed E-state index contributed by atoms with van der Waals surface area (Å²) in [6, 6.07) is 12.3. The van der Waals surface area contributed by atoms with Crippen LogP contribution >= 0.6 is 0 Å². The molecule has 1 aliphatic rings. The summed E-state index contributed by atoms with van der Waals surface area (Å²) in [6.07, 6.45) is 0.241. The van der Waals surface area contributed by atoms with Crippen LogP contribution in [0.2, 0.25) is 0 Å². The number of carbonyl (C=O) groups excluding carboxylic acids is 4. The van der Waals surface area contributed by atoms with Crippen LogP contribution in [0, 0.1) is 16.7 Å². The summed E-state index contributed by atoms with van der Waals surface area (Å²) in [4.78, 5) is 74.2. The van der Waals surface area contributed by atoms with E-state index in [-0.39, 0.29) is 43.5 Å². The zero-order chi connectivity index (χ0) is 43.4. The van der Waals surface area contributed by atoms with Gasteiger partial charge in [0.1, 0.15) is 24.0 Å². The quantitative estimate of drug-likeness (QED) is 0.0521. The van der Waals surface area contributed by atoms with Crippen molar-refractivity contribution in [3.63, 3.8) is 0 Å². The summed E-state index contributed by atoms with van der Waals surface area (Å²) in [5, 5.41) is 42.4. The summed E-state index contributed by atoms with van der Waals surface area (Å²) >= 11 is 0. The van der Waals surface area contributed by atoms with E-state index in [1.54, 1.807) is 54.6 Å². The van der Waals surface area contributed by atoms with Crippen LogP contribution in [0.4, 0.5) is 13.2 Å². The normalized spacial score (nSPS) is 14.8. The first-order valence-corrected chi connectivity index (χ1v) is 18.6. The minimum absolute atomic E-state index is 0.0786. The molecule has 3 rings (SSSR count). The van der Waals surface area contributed by atoms with E-state index in [2.05, 4.69) is 21.3 Å². The van der Waals surface area contributed by atoms with Gasteiger partial charge < -0.3 is 48.7 Å². The van der Waals surface area contributed by atoms with Crippen molar-refractivity contribution in [2.24, 2.45) is 23.1 Å². The Labute approximate surface area is 333 Å². The fraction of sp³-hybridized carbons (Fsp3) is 0.474. The minimum atomic E-state index is -5.08. The highest BCUT2D eigenvalue weighted by molar-refractivity contribution is 5.96. The number of benzene rings is 2. The van der Waals surface area contributed by atoms with Crippen LogP contribution in [-0.2, 0) is 35.2 Å². The maximum atomic E-state index is 13.9. The summed E-state index contributed by atoms with van der Waals surface area (Å²) in [5.74, 6) is -7.48. The lowest BCUT2D eigenvalue weighted by Gasteiger charge is -2.28. The second-order valence-corrected chi connectivity index (χ2v) is 13.8. The summed E-state index contributed by atoms with van der Waals surface area (Å²) in [7, 11) is 0. The Kier molecular flexibility index (Phi) is 19.6. The highest BCUT2D eigenvalue weighted by Gasteiger charge is 2.38. The van der Waals surface area contributed by atoms with Crippen LogP contribution in [0.1, 0.15) is 86.8 Å². The predicted molar refractivity (Wildman–Crippen MR) is 206 cm³/mol. The number of carboxylic acids is 2. The molecular weight excluding hydrogens is 767 g/mol. The number of primary amides is 1. The fourth-order valence-corrected chi connectivity index (χ4v) is 6.26. The van der Waals surface area contributed by atoms with Gasteiger partial charge in [-0.25, -0.2) is 4.79 Å². The Balaban J connectivity index is 0.00000151. The third-order valence-corrected chi connectivity index (χ3v) is 9.32. The molecule has 4 amide bonds. The van der Waals surface area contributed by atoms with Crippen LogP contribution in [0.25, 0.3) is 0 Å². The lowest BCUT2D eigenvalue weighted by Crippen LogP contribution is -2.57. The van der Waals surface area contributed by atoms with Crippen molar-refractivity contribution in [1.82, 2.24) is 21.3 Å². The average molecular weight is 820 g/mol. The summed E-state index contributed by atoms with van der Waals surface area (Å²) < 4.78 is 31.7. The maximum Gasteiger partial charge on any atom is 0.490 e. The van der Waals surface area contributed by atoms with E-state index in [9.17, 15) is 42.3 Å². The molecule has 2 unspecified atom stereocenters. The topological polar surface area (TPSA) is 317 Å². The van der Waals surface area contributed by atoms with Crippen molar-refractivity contribution >= 4 is 47.4 Å². The van der Waals surface area contributed by atoms with Crippen LogP contribution in [0.15, 0.2) is 54.6 Å².